The van der Waals surface area contributed by atoms with Crippen LogP contribution in [0.4, 0.5) is 17.1 Å². The summed E-state index contributed by atoms with van der Waals surface area (Å²) in [5.41, 5.74) is 5.46. The predicted molar refractivity (Wildman–Crippen MR) is 279 cm³/mol. The Bertz CT molecular complexity index is 2450. The van der Waals surface area contributed by atoms with Crippen molar-refractivity contribution in [1.82, 2.24) is 24.7 Å². The first kappa shape index (κ1) is 51.7. The van der Waals surface area contributed by atoms with Gasteiger partial charge in [0, 0.05) is 111 Å². The van der Waals surface area contributed by atoms with E-state index in [1.807, 2.05) is 54.6 Å². The summed E-state index contributed by atoms with van der Waals surface area (Å²) < 4.78 is 29.3. The van der Waals surface area contributed by atoms with Crippen molar-refractivity contribution in [3.63, 3.8) is 0 Å². The van der Waals surface area contributed by atoms with Gasteiger partial charge in [-0.25, -0.2) is 13.1 Å². The number of nitrogens with zero attached hydrogens (tertiary/aromatic N) is 5. The van der Waals surface area contributed by atoms with Gasteiger partial charge in [0.05, 0.1) is 9.82 Å². The van der Waals surface area contributed by atoms with Gasteiger partial charge < -0.3 is 25.3 Å². The molecule has 3 fully saturated rings. The Morgan fingerprint density at radius 1 is 0.868 bits per heavy atom. The van der Waals surface area contributed by atoms with Crippen molar-refractivity contribution in [2.45, 2.75) is 67.7 Å². The zero-order valence-electron chi connectivity index (χ0n) is 39.0. The summed E-state index contributed by atoms with van der Waals surface area (Å²) in [6, 6.07) is 29.0. The fourth-order valence-corrected chi connectivity index (χ4v) is 12.2. The number of nitrogens with one attached hydrogen (secondary N) is 3. The number of nitro groups is 1. The first-order valence-electron chi connectivity index (χ1n) is 23.9. The minimum Gasteiger partial charge on any atom is -0.376 e. The highest BCUT2D eigenvalue weighted by Crippen LogP contribution is 2.44. The number of nitro benzene ring substituents is 1. The second-order valence-electron chi connectivity index (χ2n) is 18.9. The van der Waals surface area contributed by atoms with Gasteiger partial charge in [0.15, 0.2) is 0 Å². The largest absolute Gasteiger partial charge is 0.376 e. The summed E-state index contributed by atoms with van der Waals surface area (Å²) in [4.78, 5) is 35.9. The molecule has 17 heteroatoms. The molecule has 0 spiro atoms. The van der Waals surface area contributed by atoms with Crippen molar-refractivity contribution >= 4 is 74.3 Å². The molecule has 3 heterocycles. The summed E-state index contributed by atoms with van der Waals surface area (Å²) in [7, 11) is -4.44. The molecule has 1 amide bonds. The summed E-state index contributed by atoms with van der Waals surface area (Å²) >= 11 is 7.97. The van der Waals surface area contributed by atoms with Gasteiger partial charge in [-0.2, -0.15) is 0 Å². The van der Waals surface area contributed by atoms with Gasteiger partial charge >= 0.3 is 0 Å². The molecule has 0 bridgehead atoms. The standard InChI is InChI=1S/C51H65ClN8O5S2.ClH/c1-51(38-58-28-23-53-24-29-58)22-20-47(39-10-14-42(52)15-11-39)41(35-51)36-57-30-32-59(33-31-57)44-16-12-40(13-17-44)50(61)55-67(64,65)46-18-19-48(49(34-46)60(62)63)54-43(21-27-56-25-6-3-7-26-56)37-66-45-8-4-2-5-9-45;/h2,4-5,8-19,34,43,53-54H,3,6-7,20-33,35-38H2,1H3,(H,55,61);1H/t43?,51-;/m1./s1. The Morgan fingerprint density at radius 3 is 2.26 bits per heavy atom. The molecule has 366 valence electrons. The maximum absolute atomic E-state index is 13.6. The molecule has 4 aliphatic rings. The van der Waals surface area contributed by atoms with E-state index in [2.05, 4.69) is 54.0 Å². The molecule has 3 aliphatic heterocycles. The Kier molecular flexibility index (Phi) is 18.3. The average molecular weight is 1010 g/mol. The number of rotatable bonds is 18. The van der Waals surface area contributed by atoms with Gasteiger partial charge in [-0.3, -0.25) is 19.8 Å². The number of benzene rings is 4. The van der Waals surface area contributed by atoms with E-state index >= 15 is 0 Å². The number of piperidine rings is 1. The van der Waals surface area contributed by atoms with Gasteiger partial charge in [-0.05, 0) is 129 Å². The molecule has 1 aliphatic carbocycles. The zero-order chi connectivity index (χ0) is 46.8. The molecular weight excluding hydrogens is 940 g/mol. The topological polar surface area (TPSA) is 143 Å². The number of amides is 1. The maximum Gasteiger partial charge on any atom is 0.293 e. The van der Waals surface area contributed by atoms with Gasteiger partial charge in [0.1, 0.15) is 5.69 Å². The first-order valence-corrected chi connectivity index (χ1v) is 26.7. The van der Waals surface area contributed by atoms with Gasteiger partial charge in [-0.15, -0.1) is 24.2 Å². The lowest BCUT2D eigenvalue weighted by atomic mass is 9.71. The number of piperazine rings is 2. The third kappa shape index (κ3) is 14.0. The Morgan fingerprint density at radius 2 is 1.57 bits per heavy atom. The number of carbonyl (C=O) groups excluding carboxylic acids is 1. The summed E-state index contributed by atoms with van der Waals surface area (Å²) in [5.74, 6) is -0.138. The molecule has 3 N–H and O–H groups in total. The van der Waals surface area contributed by atoms with Crippen LogP contribution in [0.3, 0.4) is 0 Å². The second-order valence-corrected chi connectivity index (χ2v) is 22.2. The Balaban J connectivity index is 0.00000684. The number of likely N-dealkylation sites (tertiary alicyclic amines) is 1. The summed E-state index contributed by atoms with van der Waals surface area (Å²) in [6.45, 7) is 15.2. The molecule has 0 saturated carbocycles. The highest BCUT2D eigenvalue weighted by molar-refractivity contribution is 7.99. The molecule has 0 radical (unpaired) electrons. The van der Waals surface area contributed by atoms with Crippen LogP contribution < -0.4 is 20.3 Å². The molecule has 3 saturated heterocycles. The smallest absolute Gasteiger partial charge is 0.293 e. The molecule has 2 atom stereocenters. The fraction of sp³-hybridized carbons (Fsp3) is 0.471. The van der Waals surface area contributed by atoms with Crippen molar-refractivity contribution in [3.05, 3.63) is 129 Å². The van der Waals surface area contributed by atoms with E-state index in [0.29, 0.717) is 5.75 Å². The number of thioether (sulfide) groups is 1. The van der Waals surface area contributed by atoms with Gasteiger partial charge in [0.2, 0.25) is 0 Å². The molecule has 0 aromatic heterocycles. The number of carbonyl (C=O) groups is 1. The quantitative estimate of drug-likeness (QED) is 0.0498. The van der Waals surface area contributed by atoms with Crippen LogP contribution in [-0.2, 0) is 10.0 Å². The van der Waals surface area contributed by atoms with E-state index in [1.165, 1.54) is 48.1 Å². The number of halogens is 2. The number of allylic oxidation sites excluding steroid dienone is 1. The van der Waals surface area contributed by atoms with E-state index in [0.717, 1.165) is 132 Å². The number of hydrogen-bond acceptors (Lipinski definition) is 12. The minimum atomic E-state index is -4.44. The van der Waals surface area contributed by atoms with Gasteiger partial charge in [0.25, 0.3) is 21.6 Å². The number of hydrogen-bond donors (Lipinski definition) is 3. The lowest BCUT2D eigenvalue weighted by Gasteiger charge is -2.43. The molecule has 13 nitrogen and oxygen atoms in total. The molecule has 68 heavy (non-hydrogen) atoms. The third-order valence-electron chi connectivity index (χ3n) is 13.8. The molecule has 8 rings (SSSR count). The van der Waals surface area contributed by atoms with Crippen molar-refractivity contribution in [3.8, 4) is 0 Å². The molecule has 4 aromatic rings. The van der Waals surface area contributed by atoms with Crippen LogP contribution in [0.15, 0.2) is 112 Å². The second kappa shape index (κ2) is 24.1. The normalized spacial score (nSPS) is 20.4. The minimum absolute atomic E-state index is 0. The fourth-order valence-electron chi connectivity index (χ4n) is 10.1. The van der Waals surface area contributed by atoms with E-state index in [4.69, 9.17) is 11.6 Å². The van der Waals surface area contributed by atoms with Crippen molar-refractivity contribution in [1.29, 1.82) is 0 Å². The van der Waals surface area contributed by atoms with E-state index in [1.54, 1.807) is 23.9 Å². The Hall–Kier alpha value is -4.19. The van der Waals surface area contributed by atoms with E-state index < -0.39 is 20.9 Å². The molecular formula is C51H66Cl2N8O5S2. The third-order valence-corrected chi connectivity index (χ3v) is 16.6. The monoisotopic (exact) mass is 1000 g/mol. The highest BCUT2D eigenvalue weighted by Gasteiger charge is 2.35. The SMILES string of the molecule is C[C@@]1(CN2CCNCC2)CCC(c2ccc(Cl)cc2)=C(CN2CCN(c3ccc(C(=O)NS(=O)(=O)c4ccc(NC(CCN5CCCCC5)CSc5ccccc5)c([N+](=O)[O-])c4)cc3)CC2)C1.Cl. The van der Waals surface area contributed by atoms with Crippen molar-refractivity contribution in [2.75, 3.05) is 101 Å². The van der Waals surface area contributed by atoms with Crippen molar-refractivity contribution in [2.24, 2.45) is 5.41 Å². The highest BCUT2D eigenvalue weighted by atomic mass is 35.5. The van der Waals surface area contributed by atoms with Gasteiger partial charge in [-0.1, -0.05) is 60.9 Å². The predicted octanol–water partition coefficient (Wildman–Crippen LogP) is 8.91. The summed E-state index contributed by atoms with van der Waals surface area (Å²) in [6.07, 6.45) is 7.63. The molecule has 1 unspecified atom stereocenters. The maximum atomic E-state index is 13.6. The van der Waals surface area contributed by atoms with Crippen LogP contribution in [0, 0.1) is 15.5 Å². The average Bonchev–Trinajstić information content (AvgIpc) is 3.34. The molecule has 4 aromatic carbocycles. The van der Waals surface area contributed by atoms with Crippen LogP contribution in [0.1, 0.15) is 67.8 Å². The first-order chi connectivity index (χ1) is 32.4. The van der Waals surface area contributed by atoms with Crippen LogP contribution >= 0.6 is 35.8 Å². The number of sulfonamides is 1. The zero-order valence-corrected chi connectivity index (χ0v) is 42.2. The van der Waals surface area contributed by atoms with E-state index in [9.17, 15) is 23.3 Å². The lowest BCUT2D eigenvalue weighted by molar-refractivity contribution is -0.384. The van der Waals surface area contributed by atoms with Crippen LogP contribution in [0.25, 0.3) is 5.57 Å². The van der Waals surface area contributed by atoms with Crippen LogP contribution in [0.5, 0.6) is 0 Å². The van der Waals surface area contributed by atoms with Crippen LogP contribution in [-0.4, -0.2) is 131 Å². The van der Waals surface area contributed by atoms with Crippen LogP contribution in [0.2, 0.25) is 5.02 Å². The van der Waals surface area contributed by atoms with E-state index in [-0.39, 0.29) is 45.7 Å². The number of anilines is 2. The van der Waals surface area contributed by atoms with Crippen molar-refractivity contribution < 1.29 is 18.1 Å². The Labute approximate surface area is 418 Å². The lowest BCUT2D eigenvalue weighted by Crippen LogP contribution is -2.49. The summed E-state index contributed by atoms with van der Waals surface area (Å²) in [5, 5.41) is 20.0.